The number of carboxylic acids is 1. The summed E-state index contributed by atoms with van der Waals surface area (Å²) in [6.07, 6.45) is 0.745. The van der Waals surface area contributed by atoms with E-state index in [0.717, 1.165) is 12.1 Å². The topological polar surface area (TPSA) is 69.6 Å². The van der Waals surface area contributed by atoms with Crippen molar-refractivity contribution in [3.63, 3.8) is 0 Å². The maximum absolute atomic E-state index is 10.4. The van der Waals surface area contributed by atoms with Crippen LogP contribution in [-0.4, -0.2) is 28.8 Å². The Bertz CT molecular complexity index is 389. The van der Waals surface area contributed by atoms with Crippen LogP contribution in [0.2, 0.25) is 0 Å². The van der Waals surface area contributed by atoms with Crippen molar-refractivity contribution < 1.29 is 15.0 Å². The molecule has 2 atom stereocenters. The van der Waals surface area contributed by atoms with Crippen molar-refractivity contribution in [2.24, 2.45) is 0 Å². The minimum Gasteiger partial charge on any atom is -0.481 e. The van der Waals surface area contributed by atoms with Gasteiger partial charge in [-0.3, -0.25) is 4.79 Å². The number of rotatable bonds is 8. The van der Waals surface area contributed by atoms with Gasteiger partial charge in [0.25, 0.3) is 0 Å². The highest BCUT2D eigenvalue weighted by atomic mass is 16.4. The number of carboxylic acid groups (broad SMARTS) is 1. The summed E-state index contributed by atoms with van der Waals surface area (Å²) < 4.78 is 0. The number of aliphatic carboxylic acids is 1. The number of benzene rings is 1. The van der Waals surface area contributed by atoms with Crippen LogP contribution in [0.4, 0.5) is 5.69 Å². The molecule has 0 amide bonds. The predicted molar refractivity (Wildman–Crippen MR) is 76.5 cm³/mol. The van der Waals surface area contributed by atoms with Crippen LogP contribution < -0.4 is 5.32 Å². The second-order valence-electron chi connectivity index (χ2n) is 4.90. The molecule has 0 aliphatic rings. The van der Waals surface area contributed by atoms with Gasteiger partial charge in [-0.05, 0) is 36.5 Å². The summed E-state index contributed by atoms with van der Waals surface area (Å²) in [4.78, 5) is 10.4. The van der Waals surface area contributed by atoms with Gasteiger partial charge in [0.05, 0.1) is 6.10 Å². The van der Waals surface area contributed by atoms with Gasteiger partial charge in [0, 0.05) is 18.7 Å². The van der Waals surface area contributed by atoms with E-state index in [-0.39, 0.29) is 12.8 Å². The standard InChI is InChI=1S/C15H23NO3/c1-3-11(2)12-4-6-13(7-5-12)16-10-14(17)8-9-15(18)19/h4-7,11,14,16-17H,3,8-10H2,1-2H3,(H,18,19). The normalized spacial score (nSPS) is 13.8. The van der Waals surface area contributed by atoms with E-state index in [9.17, 15) is 9.90 Å². The Labute approximate surface area is 114 Å². The first-order chi connectivity index (χ1) is 9.02. The zero-order valence-electron chi connectivity index (χ0n) is 11.6. The molecule has 0 heterocycles. The third kappa shape index (κ3) is 5.75. The smallest absolute Gasteiger partial charge is 0.303 e. The molecule has 0 bridgehead atoms. The van der Waals surface area contributed by atoms with Gasteiger partial charge in [-0.2, -0.15) is 0 Å². The van der Waals surface area contributed by atoms with Gasteiger partial charge in [-0.25, -0.2) is 0 Å². The fourth-order valence-electron chi connectivity index (χ4n) is 1.79. The lowest BCUT2D eigenvalue weighted by Crippen LogP contribution is -2.20. The Morgan fingerprint density at radius 1 is 1.32 bits per heavy atom. The molecule has 0 fully saturated rings. The summed E-state index contributed by atoms with van der Waals surface area (Å²) in [5, 5.41) is 21.2. The molecule has 3 N–H and O–H groups in total. The number of aliphatic hydroxyl groups excluding tert-OH is 1. The van der Waals surface area contributed by atoms with Crippen LogP contribution in [0.15, 0.2) is 24.3 Å². The average molecular weight is 265 g/mol. The second-order valence-corrected chi connectivity index (χ2v) is 4.90. The fraction of sp³-hybridized carbons (Fsp3) is 0.533. The molecule has 4 nitrogen and oxygen atoms in total. The molecule has 0 radical (unpaired) electrons. The molecule has 0 aromatic heterocycles. The highest BCUT2D eigenvalue weighted by molar-refractivity contribution is 5.66. The third-order valence-corrected chi connectivity index (χ3v) is 3.33. The lowest BCUT2D eigenvalue weighted by molar-refractivity contribution is -0.137. The molecule has 2 unspecified atom stereocenters. The van der Waals surface area contributed by atoms with E-state index in [1.807, 2.05) is 12.1 Å². The molecule has 1 rings (SSSR count). The van der Waals surface area contributed by atoms with Gasteiger partial charge >= 0.3 is 5.97 Å². The predicted octanol–water partition coefficient (Wildman–Crippen LogP) is 2.84. The molecule has 1 aromatic carbocycles. The lowest BCUT2D eigenvalue weighted by Gasteiger charge is -2.13. The van der Waals surface area contributed by atoms with E-state index in [1.165, 1.54) is 5.56 Å². The van der Waals surface area contributed by atoms with Crippen LogP contribution in [0.5, 0.6) is 0 Å². The molecule has 0 spiro atoms. The highest BCUT2D eigenvalue weighted by Gasteiger charge is 2.07. The molecule has 19 heavy (non-hydrogen) atoms. The lowest BCUT2D eigenvalue weighted by atomic mass is 9.98. The number of hydrogen-bond acceptors (Lipinski definition) is 3. The minimum atomic E-state index is -0.878. The van der Waals surface area contributed by atoms with Crippen LogP contribution in [-0.2, 0) is 4.79 Å². The first-order valence-electron chi connectivity index (χ1n) is 6.76. The summed E-state index contributed by atoms with van der Waals surface area (Å²) >= 11 is 0. The van der Waals surface area contributed by atoms with E-state index in [0.29, 0.717) is 12.5 Å². The van der Waals surface area contributed by atoms with E-state index in [2.05, 4.69) is 31.3 Å². The van der Waals surface area contributed by atoms with Crippen molar-refractivity contribution in [1.82, 2.24) is 0 Å². The zero-order valence-corrected chi connectivity index (χ0v) is 11.6. The highest BCUT2D eigenvalue weighted by Crippen LogP contribution is 2.20. The molecule has 0 saturated carbocycles. The first kappa shape index (κ1) is 15.5. The Morgan fingerprint density at radius 3 is 2.47 bits per heavy atom. The van der Waals surface area contributed by atoms with E-state index >= 15 is 0 Å². The minimum absolute atomic E-state index is 0.00417. The number of anilines is 1. The number of carbonyl (C=O) groups is 1. The summed E-state index contributed by atoms with van der Waals surface area (Å²) in [5.74, 6) is -0.327. The van der Waals surface area contributed by atoms with Crippen molar-refractivity contribution in [3.05, 3.63) is 29.8 Å². The van der Waals surface area contributed by atoms with Gasteiger partial charge in [-0.1, -0.05) is 26.0 Å². The SMILES string of the molecule is CCC(C)c1ccc(NCC(O)CCC(=O)O)cc1. The Balaban J connectivity index is 2.39. The van der Waals surface area contributed by atoms with Gasteiger partial charge in [-0.15, -0.1) is 0 Å². The molecule has 0 aliphatic heterocycles. The summed E-state index contributed by atoms with van der Waals surface area (Å²) in [6, 6.07) is 8.15. The molecule has 106 valence electrons. The summed E-state index contributed by atoms with van der Waals surface area (Å²) in [7, 11) is 0. The third-order valence-electron chi connectivity index (χ3n) is 3.33. The Kier molecular flexibility index (Phi) is 6.36. The molecule has 1 aromatic rings. The van der Waals surface area contributed by atoms with E-state index < -0.39 is 12.1 Å². The summed E-state index contributed by atoms with van der Waals surface area (Å²) in [5.41, 5.74) is 2.25. The van der Waals surface area contributed by atoms with Crippen molar-refractivity contribution in [2.75, 3.05) is 11.9 Å². The van der Waals surface area contributed by atoms with Crippen LogP contribution in [0.3, 0.4) is 0 Å². The van der Waals surface area contributed by atoms with Gasteiger partial charge in [0.2, 0.25) is 0 Å². The van der Waals surface area contributed by atoms with Crippen LogP contribution in [0, 0.1) is 0 Å². The van der Waals surface area contributed by atoms with Crippen molar-refractivity contribution in [1.29, 1.82) is 0 Å². The van der Waals surface area contributed by atoms with Gasteiger partial charge in [0.15, 0.2) is 0 Å². The molecular weight excluding hydrogens is 242 g/mol. The monoisotopic (exact) mass is 265 g/mol. The quantitative estimate of drug-likeness (QED) is 0.676. The largest absolute Gasteiger partial charge is 0.481 e. The maximum Gasteiger partial charge on any atom is 0.303 e. The maximum atomic E-state index is 10.4. The average Bonchev–Trinajstić information content (AvgIpc) is 2.42. The van der Waals surface area contributed by atoms with Crippen LogP contribution in [0.25, 0.3) is 0 Å². The second kappa shape index (κ2) is 7.79. The van der Waals surface area contributed by atoms with E-state index in [4.69, 9.17) is 5.11 Å². The Morgan fingerprint density at radius 2 is 1.95 bits per heavy atom. The molecule has 0 saturated heterocycles. The zero-order chi connectivity index (χ0) is 14.3. The van der Waals surface area contributed by atoms with Crippen LogP contribution >= 0.6 is 0 Å². The molecular formula is C15H23NO3. The van der Waals surface area contributed by atoms with Crippen LogP contribution in [0.1, 0.15) is 44.6 Å². The number of aliphatic hydroxyl groups is 1. The fourth-order valence-corrected chi connectivity index (χ4v) is 1.79. The summed E-state index contributed by atoms with van der Waals surface area (Å²) in [6.45, 7) is 4.73. The molecule has 4 heteroatoms. The molecule has 0 aliphatic carbocycles. The van der Waals surface area contributed by atoms with Gasteiger partial charge in [0.1, 0.15) is 0 Å². The first-order valence-corrected chi connectivity index (χ1v) is 6.76. The number of nitrogens with one attached hydrogen (secondary N) is 1. The number of hydrogen-bond donors (Lipinski definition) is 3. The van der Waals surface area contributed by atoms with Crippen molar-refractivity contribution >= 4 is 11.7 Å². The van der Waals surface area contributed by atoms with Crippen molar-refractivity contribution in [2.45, 2.75) is 45.1 Å². The van der Waals surface area contributed by atoms with E-state index in [1.54, 1.807) is 0 Å². The van der Waals surface area contributed by atoms with Crippen molar-refractivity contribution in [3.8, 4) is 0 Å². The Hall–Kier alpha value is -1.55. The van der Waals surface area contributed by atoms with Gasteiger partial charge < -0.3 is 15.5 Å².